The Morgan fingerprint density at radius 1 is 1.08 bits per heavy atom. The van der Waals surface area contributed by atoms with E-state index in [-0.39, 0.29) is 5.91 Å². The molecule has 120 valence electrons. The zero-order valence-corrected chi connectivity index (χ0v) is 13.2. The number of rotatable bonds is 4. The Bertz CT molecular complexity index is 849. The third kappa shape index (κ3) is 3.49. The molecule has 0 bridgehead atoms. The fourth-order valence-corrected chi connectivity index (χ4v) is 2.18. The fraction of sp³-hybridized carbons (Fsp3) is 0.0556. The van der Waals surface area contributed by atoms with Crippen molar-refractivity contribution in [3.63, 3.8) is 0 Å². The number of nitrogen functional groups attached to an aromatic ring is 1. The molecule has 0 aliphatic carbocycles. The first-order valence-electron chi connectivity index (χ1n) is 7.42. The quantitative estimate of drug-likeness (QED) is 0.440. The van der Waals surface area contributed by atoms with Gasteiger partial charge in [0.2, 0.25) is 0 Å². The highest BCUT2D eigenvalue weighted by molar-refractivity contribution is 6.01. The summed E-state index contributed by atoms with van der Waals surface area (Å²) in [6.07, 6.45) is 5.35. The number of hydrogen-bond donors (Lipinski definition) is 2. The van der Waals surface area contributed by atoms with Crippen LogP contribution in [-0.4, -0.2) is 21.2 Å². The molecule has 0 aliphatic heterocycles. The maximum Gasteiger partial charge on any atom is 0.271 e. The highest BCUT2D eigenvalue weighted by Crippen LogP contribution is 2.10. The van der Waals surface area contributed by atoms with Crippen LogP contribution in [-0.2, 0) is 0 Å². The summed E-state index contributed by atoms with van der Waals surface area (Å²) in [5.74, 6) is -0.274. The predicted molar refractivity (Wildman–Crippen MR) is 94.1 cm³/mol. The van der Waals surface area contributed by atoms with Crippen molar-refractivity contribution < 1.29 is 4.79 Å². The van der Waals surface area contributed by atoms with E-state index in [2.05, 4.69) is 15.5 Å². The molecule has 3 rings (SSSR count). The number of amides is 1. The number of nitrogens with two attached hydrogens (primary N) is 1. The third-order valence-electron chi connectivity index (χ3n) is 3.59. The lowest BCUT2D eigenvalue weighted by molar-refractivity contribution is 0.0955. The van der Waals surface area contributed by atoms with Gasteiger partial charge in [0, 0.05) is 29.3 Å². The summed E-state index contributed by atoms with van der Waals surface area (Å²) in [6.45, 7) is 1.84. The zero-order valence-electron chi connectivity index (χ0n) is 13.2. The van der Waals surface area contributed by atoms with Gasteiger partial charge in [0.1, 0.15) is 0 Å². The largest absolute Gasteiger partial charge is 0.399 e. The van der Waals surface area contributed by atoms with Crippen molar-refractivity contribution in [3.8, 4) is 5.69 Å². The number of nitrogens with zero attached hydrogens (tertiary/aromatic N) is 3. The first kappa shape index (κ1) is 15.5. The van der Waals surface area contributed by atoms with Crippen molar-refractivity contribution in [1.29, 1.82) is 0 Å². The van der Waals surface area contributed by atoms with E-state index in [0.717, 1.165) is 17.0 Å². The molecule has 0 fully saturated rings. The molecule has 0 aliphatic rings. The van der Waals surface area contributed by atoms with Crippen LogP contribution in [0.1, 0.15) is 22.8 Å². The maximum atomic E-state index is 12.0. The summed E-state index contributed by atoms with van der Waals surface area (Å²) in [4.78, 5) is 16.1. The predicted octanol–water partition coefficient (Wildman–Crippen LogP) is 2.61. The summed E-state index contributed by atoms with van der Waals surface area (Å²) in [7, 11) is 0. The van der Waals surface area contributed by atoms with Gasteiger partial charge < -0.3 is 10.3 Å². The lowest BCUT2D eigenvalue weighted by atomic mass is 10.1. The Balaban J connectivity index is 1.69. The average Bonchev–Trinajstić information content (AvgIpc) is 3.15. The van der Waals surface area contributed by atoms with Crippen molar-refractivity contribution in [2.75, 3.05) is 5.73 Å². The molecule has 6 nitrogen and oxygen atoms in total. The van der Waals surface area contributed by atoms with Gasteiger partial charge in [0.25, 0.3) is 5.91 Å². The number of hydrogen-bond acceptors (Lipinski definition) is 4. The molecule has 0 unspecified atom stereocenters. The van der Waals surface area contributed by atoms with Crippen molar-refractivity contribution in [3.05, 3.63) is 78.4 Å². The highest BCUT2D eigenvalue weighted by Gasteiger charge is 2.05. The SMILES string of the molecule is C/C(=N\NC(=O)c1ccc(N)cc1)c1ccc(-n2ccnc2)cc1. The summed E-state index contributed by atoms with van der Waals surface area (Å²) in [5.41, 5.74) is 11.9. The molecule has 24 heavy (non-hydrogen) atoms. The highest BCUT2D eigenvalue weighted by atomic mass is 16.2. The zero-order chi connectivity index (χ0) is 16.9. The van der Waals surface area contributed by atoms with E-state index in [1.54, 1.807) is 36.8 Å². The second kappa shape index (κ2) is 6.78. The van der Waals surface area contributed by atoms with Gasteiger partial charge in [0.15, 0.2) is 0 Å². The second-order valence-electron chi connectivity index (χ2n) is 5.28. The van der Waals surface area contributed by atoms with Crippen molar-refractivity contribution >= 4 is 17.3 Å². The van der Waals surface area contributed by atoms with Crippen molar-refractivity contribution in [1.82, 2.24) is 15.0 Å². The molecule has 0 atom stereocenters. The van der Waals surface area contributed by atoms with E-state index in [1.165, 1.54) is 0 Å². The maximum absolute atomic E-state index is 12.0. The van der Waals surface area contributed by atoms with Crippen molar-refractivity contribution in [2.24, 2.45) is 5.10 Å². The fourth-order valence-electron chi connectivity index (χ4n) is 2.18. The molecule has 6 heteroatoms. The summed E-state index contributed by atoms with van der Waals surface area (Å²) >= 11 is 0. The molecule has 1 amide bonds. The first-order valence-corrected chi connectivity index (χ1v) is 7.42. The minimum atomic E-state index is -0.274. The number of carbonyl (C=O) groups is 1. The van der Waals surface area contributed by atoms with E-state index in [1.807, 2.05) is 42.0 Å². The molecule has 0 spiro atoms. The molecule has 1 aromatic heterocycles. The van der Waals surface area contributed by atoms with E-state index in [4.69, 9.17) is 5.73 Å². The molecule has 2 aromatic carbocycles. The normalized spacial score (nSPS) is 11.3. The van der Waals surface area contributed by atoms with Crippen LogP contribution < -0.4 is 11.2 Å². The minimum Gasteiger partial charge on any atom is -0.399 e. The number of nitrogens with one attached hydrogen (secondary N) is 1. The van der Waals surface area contributed by atoms with Gasteiger partial charge in [-0.2, -0.15) is 5.10 Å². The van der Waals surface area contributed by atoms with E-state index in [0.29, 0.717) is 11.3 Å². The molecular weight excluding hydrogens is 302 g/mol. The van der Waals surface area contributed by atoms with Gasteiger partial charge in [-0.1, -0.05) is 12.1 Å². The van der Waals surface area contributed by atoms with Gasteiger partial charge in [-0.3, -0.25) is 4.79 Å². The Morgan fingerprint density at radius 3 is 2.38 bits per heavy atom. The molecule has 3 N–H and O–H groups in total. The Hall–Kier alpha value is -3.41. The topological polar surface area (TPSA) is 85.3 Å². The molecule has 0 radical (unpaired) electrons. The standard InChI is InChI=1S/C18H17N5O/c1-13(21-22-18(24)15-2-6-16(19)7-3-15)14-4-8-17(9-5-14)23-11-10-20-12-23/h2-12H,19H2,1H3,(H,22,24)/b21-13+. The number of benzene rings is 2. The number of imidazole rings is 1. The van der Waals surface area contributed by atoms with Gasteiger partial charge in [-0.05, 0) is 48.9 Å². The average molecular weight is 319 g/mol. The van der Waals surface area contributed by atoms with Gasteiger partial charge in [0.05, 0.1) is 12.0 Å². The molecular formula is C18H17N5O. The number of hydrazone groups is 1. The van der Waals surface area contributed by atoms with Gasteiger partial charge >= 0.3 is 0 Å². The Kier molecular flexibility index (Phi) is 4.38. The smallest absolute Gasteiger partial charge is 0.271 e. The Morgan fingerprint density at radius 2 is 1.75 bits per heavy atom. The van der Waals surface area contributed by atoms with Crippen LogP contribution >= 0.6 is 0 Å². The van der Waals surface area contributed by atoms with Crippen LogP contribution in [0.15, 0.2) is 72.4 Å². The van der Waals surface area contributed by atoms with Crippen LogP contribution in [0.2, 0.25) is 0 Å². The molecule has 0 saturated carbocycles. The van der Waals surface area contributed by atoms with Crippen LogP contribution in [0.4, 0.5) is 5.69 Å². The van der Waals surface area contributed by atoms with Crippen LogP contribution in [0, 0.1) is 0 Å². The van der Waals surface area contributed by atoms with Crippen LogP contribution in [0.25, 0.3) is 5.69 Å². The van der Waals surface area contributed by atoms with Gasteiger partial charge in [-0.15, -0.1) is 0 Å². The lowest BCUT2D eigenvalue weighted by Gasteiger charge is -2.06. The third-order valence-corrected chi connectivity index (χ3v) is 3.59. The first-order chi connectivity index (χ1) is 11.6. The number of carbonyl (C=O) groups excluding carboxylic acids is 1. The van der Waals surface area contributed by atoms with Crippen molar-refractivity contribution in [2.45, 2.75) is 6.92 Å². The molecule has 0 saturated heterocycles. The second-order valence-corrected chi connectivity index (χ2v) is 5.28. The monoisotopic (exact) mass is 319 g/mol. The minimum absolute atomic E-state index is 0.274. The van der Waals surface area contributed by atoms with Gasteiger partial charge in [-0.25, -0.2) is 10.4 Å². The summed E-state index contributed by atoms with van der Waals surface area (Å²) < 4.78 is 1.92. The Labute approximate surface area is 139 Å². The number of anilines is 1. The lowest BCUT2D eigenvalue weighted by Crippen LogP contribution is -2.19. The van der Waals surface area contributed by atoms with E-state index in [9.17, 15) is 4.79 Å². The number of aromatic nitrogens is 2. The summed E-state index contributed by atoms with van der Waals surface area (Å²) in [6, 6.07) is 14.5. The molecule has 3 aromatic rings. The van der Waals surface area contributed by atoms with E-state index < -0.39 is 0 Å². The molecule has 1 heterocycles. The van der Waals surface area contributed by atoms with Crippen LogP contribution in [0.3, 0.4) is 0 Å². The summed E-state index contributed by atoms with van der Waals surface area (Å²) in [5, 5.41) is 4.15. The van der Waals surface area contributed by atoms with Crippen LogP contribution in [0.5, 0.6) is 0 Å². The van der Waals surface area contributed by atoms with E-state index >= 15 is 0 Å².